The minimum Gasteiger partial charge on any atom is -0.488 e. The van der Waals surface area contributed by atoms with Crippen molar-refractivity contribution in [3.8, 4) is 27.7 Å². The molecule has 0 aliphatic carbocycles. The Bertz CT molecular complexity index is 1330. The molecule has 0 fully saturated rings. The van der Waals surface area contributed by atoms with Gasteiger partial charge in [0.2, 0.25) is 0 Å². The van der Waals surface area contributed by atoms with Crippen LogP contribution in [0.15, 0.2) is 51.8 Å². The highest BCUT2D eigenvalue weighted by atomic mass is 32.1. The van der Waals surface area contributed by atoms with Gasteiger partial charge in [-0.05, 0) is 43.2 Å². The molecule has 2 radical (unpaired) electrons. The van der Waals surface area contributed by atoms with E-state index in [-0.39, 0.29) is 12.4 Å². The maximum Gasteiger partial charge on any atom is 0.439 e. The summed E-state index contributed by atoms with van der Waals surface area (Å²) in [5.74, 6) is 0.0564. The van der Waals surface area contributed by atoms with Crippen LogP contribution in [0.3, 0.4) is 0 Å². The first-order valence-electron chi connectivity index (χ1n) is 10.5. The van der Waals surface area contributed by atoms with Gasteiger partial charge < -0.3 is 4.74 Å². The molecular formula is C23H19BF3N3O3S. The average Bonchev–Trinajstić information content (AvgIpc) is 3.42. The van der Waals surface area contributed by atoms with E-state index in [1.54, 1.807) is 18.2 Å². The van der Waals surface area contributed by atoms with E-state index < -0.39 is 17.5 Å². The molecule has 0 bridgehead atoms. The number of hydrogen-bond acceptors (Lipinski definition) is 6. The maximum atomic E-state index is 12.9. The first-order chi connectivity index (χ1) is 16.2. The van der Waals surface area contributed by atoms with Crippen LogP contribution >= 0.6 is 11.3 Å². The molecule has 11 heteroatoms. The zero-order chi connectivity index (χ0) is 24.3. The van der Waals surface area contributed by atoms with Crippen LogP contribution in [-0.4, -0.2) is 23.0 Å². The van der Waals surface area contributed by atoms with Crippen molar-refractivity contribution in [3.05, 3.63) is 69.1 Å². The average molecular weight is 485 g/mol. The third-order valence-corrected chi connectivity index (χ3v) is 6.21. The number of hydrogen-bond donors (Lipinski definition) is 1. The Morgan fingerprint density at radius 3 is 2.56 bits per heavy atom. The number of halogens is 3. The summed E-state index contributed by atoms with van der Waals surface area (Å²) < 4.78 is 49.1. The largest absolute Gasteiger partial charge is 0.488 e. The number of ether oxygens (including phenoxy) is 1. The Morgan fingerprint density at radius 2 is 1.94 bits per heavy atom. The zero-order valence-corrected chi connectivity index (χ0v) is 18.9. The Morgan fingerprint density at radius 1 is 1.18 bits per heavy atom. The fourth-order valence-corrected chi connectivity index (χ4v) is 4.33. The summed E-state index contributed by atoms with van der Waals surface area (Å²) in [5.41, 5.74) is 1.65. The molecule has 0 saturated heterocycles. The highest BCUT2D eigenvalue weighted by Gasteiger charge is 2.30. The van der Waals surface area contributed by atoms with Gasteiger partial charge in [-0.3, -0.25) is 9.51 Å². The lowest BCUT2D eigenvalue weighted by atomic mass is 9.90. The van der Waals surface area contributed by atoms with Crippen LogP contribution in [0.25, 0.3) is 22.0 Å². The lowest BCUT2D eigenvalue weighted by Gasteiger charge is -2.09. The molecule has 0 spiro atoms. The number of aryl methyl sites for hydroxylation is 1. The Balaban J connectivity index is 1.53. The molecule has 0 atom stereocenters. The molecule has 174 valence electrons. The Kier molecular flexibility index (Phi) is 6.92. The SMILES string of the molecule is [B]c1cc(OCc2sc(-c3ccc(C(F)(F)F)cc3)nc2CCCC)ccc1-c1noc(=O)[nH]1. The highest BCUT2D eigenvalue weighted by Crippen LogP contribution is 2.34. The van der Waals surface area contributed by atoms with Crippen LogP contribution in [0.2, 0.25) is 0 Å². The summed E-state index contributed by atoms with van der Waals surface area (Å²) >= 11 is 1.39. The predicted octanol–water partition coefficient (Wildman–Crippen LogP) is 4.89. The van der Waals surface area contributed by atoms with Gasteiger partial charge in [0.25, 0.3) is 0 Å². The molecule has 2 heterocycles. The van der Waals surface area contributed by atoms with Crippen LogP contribution in [0.1, 0.15) is 35.9 Å². The van der Waals surface area contributed by atoms with E-state index >= 15 is 0 Å². The van der Waals surface area contributed by atoms with E-state index in [0.29, 0.717) is 27.3 Å². The molecule has 4 rings (SSSR count). The van der Waals surface area contributed by atoms with Gasteiger partial charge in [0.1, 0.15) is 25.2 Å². The number of nitrogens with zero attached hydrogens (tertiary/aromatic N) is 2. The molecule has 6 nitrogen and oxygen atoms in total. The minimum absolute atomic E-state index is 0.222. The standard InChI is InChI=1S/C23H19BF3N3O3S/c1-2-3-4-18-19(34-21(28-18)13-5-7-14(8-6-13)23(25,26)27)12-32-15-9-10-16(17(24)11-15)20-29-22(31)33-30-20/h5-11H,2-4,12H2,1H3,(H,29,30,31). The summed E-state index contributed by atoms with van der Waals surface area (Å²) in [6.07, 6.45) is -1.73. The number of thiazole rings is 1. The van der Waals surface area contributed by atoms with Gasteiger partial charge in [-0.1, -0.05) is 36.1 Å². The molecule has 0 aliphatic rings. The third-order valence-electron chi connectivity index (χ3n) is 5.09. The number of aromatic nitrogens is 3. The third kappa shape index (κ3) is 5.41. The number of rotatable bonds is 8. The molecule has 4 aromatic rings. The second-order valence-electron chi connectivity index (χ2n) is 7.55. The number of nitrogens with one attached hydrogen (secondary N) is 1. The second kappa shape index (κ2) is 9.88. The predicted molar refractivity (Wildman–Crippen MR) is 123 cm³/mol. The summed E-state index contributed by atoms with van der Waals surface area (Å²) in [4.78, 5) is 19.2. The fraction of sp³-hybridized carbons (Fsp3) is 0.261. The lowest BCUT2D eigenvalue weighted by molar-refractivity contribution is -0.137. The number of H-pyrrole nitrogens is 1. The van der Waals surface area contributed by atoms with Gasteiger partial charge >= 0.3 is 11.9 Å². The summed E-state index contributed by atoms with van der Waals surface area (Å²) in [6, 6.07) is 9.97. The van der Waals surface area contributed by atoms with Crippen molar-refractivity contribution in [2.24, 2.45) is 0 Å². The van der Waals surface area contributed by atoms with Gasteiger partial charge in [-0.25, -0.2) is 9.78 Å². The van der Waals surface area contributed by atoms with E-state index in [9.17, 15) is 18.0 Å². The van der Waals surface area contributed by atoms with Crippen LogP contribution in [0.4, 0.5) is 13.2 Å². The van der Waals surface area contributed by atoms with E-state index in [2.05, 4.69) is 26.6 Å². The topological polar surface area (TPSA) is 81.0 Å². The molecule has 1 N–H and O–H groups in total. The van der Waals surface area contributed by atoms with Crippen molar-refractivity contribution in [1.29, 1.82) is 0 Å². The van der Waals surface area contributed by atoms with E-state index in [1.165, 1.54) is 23.5 Å². The smallest absolute Gasteiger partial charge is 0.439 e. The summed E-state index contributed by atoms with van der Waals surface area (Å²) in [7, 11) is 6.08. The lowest BCUT2D eigenvalue weighted by Crippen LogP contribution is -2.09. The maximum absolute atomic E-state index is 12.9. The van der Waals surface area contributed by atoms with E-state index in [4.69, 9.17) is 12.6 Å². The number of aromatic amines is 1. The molecule has 34 heavy (non-hydrogen) atoms. The molecular weight excluding hydrogens is 466 g/mol. The Hall–Kier alpha value is -3.34. The van der Waals surface area contributed by atoms with Crippen molar-refractivity contribution in [2.45, 2.75) is 39.0 Å². The number of unbranched alkanes of at least 4 members (excludes halogenated alkanes) is 1. The molecule has 0 saturated carbocycles. The summed E-state index contributed by atoms with van der Waals surface area (Å²) in [6.45, 7) is 2.31. The van der Waals surface area contributed by atoms with Gasteiger partial charge in [0.15, 0.2) is 5.82 Å². The van der Waals surface area contributed by atoms with Gasteiger partial charge in [-0.15, -0.1) is 11.3 Å². The highest BCUT2D eigenvalue weighted by molar-refractivity contribution is 7.15. The molecule has 0 aliphatic heterocycles. The minimum atomic E-state index is -4.38. The number of benzene rings is 2. The van der Waals surface area contributed by atoms with Crippen molar-refractivity contribution in [2.75, 3.05) is 0 Å². The fourth-order valence-electron chi connectivity index (χ4n) is 3.30. The van der Waals surface area contributed by atoms with Gasteiger partial charge in [0.05, 0.1) is 16.1 Å². The van der Waals surface area contributed by atoms with Crippen LogP contribution in [0.5, 0.6) is 5.75 Å². The van der Waals surface area contributed by atoms with Crippen LogP contribution in [0, 0.1) is 0 Å². The second-order valence-corrected chi connectivity index (χ2v) is 8.63. The van der Waals surface area contributed by atoms with Crippen LogP contribution in [-0.2, 0) is 19.2 Å². The van der Waals surface area contributed by atoms with Crippen molar-refractivity contribution in [3.63, 3.8) is 0 Å². The zero-order valence-electron chi connectivity index (χ0n) is 18.1. The van der Waals surface area contributed by atoms with Crippen molar-refractivity contribution < 1.29 is 22.4 Å². The first kappa shape index (κ1) is 23.8. The summed E-state index contributed by atoms with van der Waals surface area (Å²) in [5, 5.41) is 4.27. The number of alkyl halides is 3. The molecule has 2 aromatic heterocycles. The van der Waals surface area contributed by atoms with Crippen LogP contribution < -0.4 is 16.0 Å². The van der Waals surface area contributed by atoms with E-state index in [0.717, 1.165) is 42.0 Å². The quantitative estimate of drug-likeness (QED) is 0.360. The van der Waals surface area contributed by atoms with Crippen molar-refractivity contribution >= 4 is 24.6 Å². The molecule has 0 unspecified atom stereocenters. The van der Waals surface area contributed by atoms with Crippen molar-refractivity contribution in [1.82, 2.24) is 15.1 Å². The van der Waals surface area contributed by atoms with Gasteiger partial charge in [-0.2, -0.15) is 13.2 Å². The normalized spacial score (nSPS) is 11.6. The molecule has 0 amide bonds. The van der Waals surface area contributed by atoms with Gasteiger partial charge in [0, 0.05) is 11.1 Å². The van der Waals surface area contributed by atoms with E-state index in [1.807, 2.05) is 0 Å². The molecule has 2 aromatic carbocycles. The monoisotopic (exact) mass is 485 g/mol. The Labute approximate surface area is 198 Å². The first-order valence-corrected chi connectivity index (χ1v) is 11.3.